The Morgan fingerprint density at radius 2 is 2.27 bits per heavy atom. The van der Waals surface area contributed by atoms with Crippen molar-refractivity contribution in [3.8, 4) is 0 Å². The van der Waals surface area contributed by atoms with Crippen LogP contribution >= 0.6 is 11.3 Å². The second kappa shape index (κ2) is 5.53. The first-order valence-corrected chi connectivity index (χ1v) is 8.97. The first kappa shape index (κ1) is 15.8. The molecule has 0 radical (unpaired) electrons. The van der Waals surface area contributed by atoms with Crippen LogP contribution in [0, 0.1) is 5.92 Å². The third-order valence-electron chi connectivity index (χ3n) is 4.76. The molecule has 0 saturated carbocycles. The van der Waals surface area contributed by atoms with Gasteiger partial charge >= 0.3 is 6.09 Å². The summed E-state index contributed by atoms with van der Waals surface area (Å²) >= 11 is 1.84. The topological polar surface area (TPSA) is 41.6 Å². The van der Waals surface area contributed by atoms with Crippen LogP contribution in [0.25, 0.3) is 0 Å². The van der Waals surface area contributed by atoms with Crippen LogP contribution in [0.2, 0.25) is 0 Å². The molecule has 0 aliphatic carbocycles. The summed E-state index contributed by atoms with van der Waals surface area (Å²) in [5, 5.41) is 5.91. The predicted molar refractivity (Wildman–Crippen MR) is 89.3 cm³/mol. The Bertz CT molecular complexity index is 563. The van der Waals surface area contributed by atoms with E-state index in [-0.39, 0.29) is 11.6 Å². The monoisotopic (exact) mass is 322 g/mol. The molecule has 5 heteroatoms. The molecule has 1 amide bonds. The van der Waals surface area contributed by atoms with Crippen molar-refractivity contribution in [1.82, 2.24) is 10.2 Å². The average Bonchev–Trinajstić information content (AvgIpc) is 3.07. The quantitative estimate of drug-likeness (QED) is 0.862. The van der Waals surface area contributed by atoms with Gasteiger partial charge in [-0.15, -0.1) is 11.3 Å². The van der Waals surface area contributed by atoms with Crippen molar-refractivity contribution in [3.63, 3.8) is 0 Å². The van der Waals surface area contributed by atoms with Crippen molar-refractivity contribution in [2.45, 2.75) is 51.7 Å². The van der Waals surface area contributed by atoms with Crippen LogP contribution in [0.15, 0.2) is 11.4 Å². The van der Waals surface area contributed by atoms with Crippen molar-refractivity contribution in [2.75, 3.05) is 19.6 Å². The molecular formula is C17H26N2O2S. The highest BCUT2D eigenvalue weighted by atomic mass is 32.1. The number of hydrogen-bond acceptors (Lipinski definition) is 4. The molecule has 2 atom stereocenters. The summed E-state index contributed by atoms with van der Waals surface area (Å²) in [5.41, 5.74) is 1.03. The number of carbonyl (C=O) groups is 1. The van der Waals surface area contributed by atoms with Crippen molar-refractivity contribution in [2.24, 2.45) is 5.92 Å². The van der Waals surface area contributed by atoms with Gasteiger partial charge < -0.3 is 15.0 Å². The number of fused-ring (bicyclic) bond motifs is 1. The molecule has 0 bridgehead atoms. The lowest BCUT2D eigenvalue weighted by molar-refractivity contribution is 0.0279. The van der Waals surface area contributed by atoms with E-state index in [1.165, 1.54) is 10.4 Å². The third kappa shape index (κ3) is 2.88. The minimum atomic E-state index is -0.427. The van der Waals surface area contributed by atoms with Gasteiger partial charge in [0, 0.05) is 30.4 Å². The van der Waals surface area contributed by atoms with Crippen molar-refractivity contribution < 1.29 is 9.53 Å². The number of ether oxygens (including phenoxy) is 1. The van der Waals surface area contributed by atoms with E-state index in [1.54, 1.807) is 0 Å². The van der Waals surface area contributed by atoms with Crippen molar-refractivity contribution in [3.05, 3.63) is 21.9 Å². The fourth-order valence-electron chi connectivity index (χ4n) is 3.58. The number of thiophene rings is 1. The molecule has 1 N–H and O–H groups in total. The molecule has 2 unspecified atom stereocenters. The van der Waals surface area contributed by atoms with Gasteiger partial charge in [0.25, 0.3) is 0 Å². The summed E-state index contributed by atoms with van der Waals surface area (Å²) in [7, 11) is 0. The first-order valence-electron chi connectivity index (χ1n) is 8.09. The molecule has 3 rings (SSSR count). The zero-order valence-electron chi connectivity index (χ0n) is 13.9. The van der Waals surface area contributed by atoms with Gasteiger partial charge in [-0.05, 0) is 57.5 Å². The fraction of sp³-hybridized carbons (Fsp3) is 0.706. The maximum atomic E-state index is 12.3. The summed E-state index contributed by atoms with van der Waals surface area (Å²) < 4.78 is 5.51. The van der Waals surface area contributed by atoms with Crippen LogP contribution in [0.1, 0.15) is 44.6 Å². The maximum absolute atomic E-state index is 12.3. The number of amides is 1. The van der Waals surface area contributed by atoms with Gasteiger partial charge in [-0.1, -0.05) is 0 Å². The summed E-state index contributed by atoms with van der Waals surface area (Å²) in [6, 6.07) is 2.25. The van der Waals surface area contributed by atoms with E-state index in [0.717, 1.165) is 32.5 Å². The number of nitrogens with zero attached hydrogens (tertiary/aromatic N) is 1. The Morgan fingerprint density at radius 1 is 1.50 bits per heavy atom. The van der Waals surface area contributed by atoms with Gasteiger partial charge in [-0.3, -0.25) is 0 Å². The first-order chi connectivity index (χ1) is 10.3. The highest BCUT2D eigenvalue weighted by Gasteiger charge is 2.44. The number of hydrogen-bond donors (Lipinski definition) is 1. The Hall–Kier alpha value is -1.07. The largest absolute Gasteiger partial charge is 0.444 e. The lowest BCUT2D eigenvalue weighted by Crippen LogP contribution is -2.50. The predicted octanol–water partition coefficient (Wildman–Crippen LogP) is 3.37. The second-order valence-electron chi connectivity index (χ2n) is 7.57. The smallest absolute Gasteiger partial charge is 0.410 e. The van der Waals surface area contributed by atoms with Crippen LogP contribution in [-0.4, -0.2) is 36.2 Å². The van der Waals surface area contributed by atoms with Crippen LogP contribution < -0.4 is 5.32 Å². The molecule has 0 aromatic carbocycles. The zero-order valence-corrected chi connectivity index (χ0v) is 14.8. The Kier molecular flexibility index (Phi) is 3.98. The molecule has 3 heterocycles. The van der Waals surface area contributed by atoms with E-state index in [9.17, 15) is 4.79 Å². The molecule has 22 heavy (non-hydrogen) atoms. The minimum Gasteiger partial charge on any atom is -0.444 e. The van der Waals surface area contributed by atoms with E-state index >= 15 is 0 Å². The minimum absolute atomic E-state index is 0.0154. The molecule has 1 fully saturated rings. The normalized spacial score (nSPS) is 28.5. The third-order valence-corrected chi connectivity index (χ3v) is 5.96. The summed E-state index contributed by atoms with van der Waals surface area (Å²) in [4.78, 5) is 15.6. The van der Waals surface area contributed by atoms with Gasteiger partial charge in [0.05, 0.1) is 5.54 Å². The molecule has 1 saturated heterocycles. The molecule has 1 aromatic heterocycles. The van der Waals surface area contributed by atoms with Gasteiger partial charge in [-0.2, -0.15) is 0 Å². The number of likely N-dealkylation sites (tertiary alicyclic amines) is 1. The molecule has 0 spiro atoms. The summed E-state index contributed by atoms with van der Waals surface area (Å²) in [6.45, 7) is 10.6. The molecule has 4 nitrogen and oxygen atoms in total. The Labute approximate surface area is 136 Å². The lowest BCUT2D eigenvalue weighted by atomic mass is 9.79. The van der Waals surface area contributed by atoms with Gasteiger partial charge in [-0.25, -0.2) is 4.79 Å². The highest BCUT2D eigenvalue weighted by Crippen LogP contribution is 2.42. The summed E-state index contributed by atoms with van der Waals surface area (Å²) in [6.07, 6.45) is 1.96. The van der Waals surface area contributed by atoms with E-state index in [1.807, 2.05) is 37.0 Å². The van der Waals surface area contributed by atoms with Gasteiger partial charge in [0.1, 0.15) is 5.60 Å². The number of rotatable bonds is 1. The SMILES string of the molecule is CC(C)(C)OC(=O)N1CCC(C2(C)NCCc3ccsc32)C1. The van der Waals surface area contributed by atoms with Crippen molar-refractivity contribution in [1.29, 1.82) is 0 Å². The molecule has 122 valence electrons. The number of carbonyl (C=O) groups excluding carboxylic acids is 1. The van der Waals surface area contributed by atoms with Crippen LogP contribution in [0.5, 0.6) is 0 Å². The molecule has 2 aliphatic rings. The summed E-state index contributed by atoms with van der Waals surface area (Å²) in [5.74, 6) is 0.442. The van der Waals surface area contributed by atoms with E-state index < -0.39 is 5.60 Å². The molecule has 2 aliphatic heterocycles. The lowest BCUT2D eigenvalue weighted by Gasteiger charge is -2.40. The Morgan fingerprint density at radius 3 is 3.00 bits per heavy atom. The van der Waals surface area contributed by atoms with Gasteiger partial charge in [0.15, 0.2) is 0 Å². The number of nitrogens with one attached hydrogen (secondary N) is 1. The van der Waals surface area contributed by atoms with E-state index in [0.29, 0.717) is 5.92 Å². The van der Waals surface area contributed by atoms with Gasteiger partial charge in [0.2, 0.25) is 0 Å². The molecule has 1 aromatic rings. The zero-order chi connectivity index (χ0) is 16.0. The Balaban J connectivity index is 1.72. The standard InChI is InChI=1S/C17H26N2O2S/c1-16(2,3)21-15(20)19-9-6-13(11-19)17(4)14-12(5-8-18-17)7-10-22-14/h7,10,13,18H,5-6,8-9,11H2,1-4H3. The van der Waals surface area contributed by atoms with Crippen LogP contribution in [0.4, 0.5) is 4.79 Å². The van der Waals surface area contributed by atoms with E-state index in [2.05, 4.69) is 23.7 Å². The van der Waals surface area contributed by atoms with E-state index in [4.69, 9.17) is 4.74 Å². The average molecular weight is 322 g/mol. The molecular weight excluding hydrogens is 296 g/mol. The van der Waals surface area contributed by atoms with Crippen molar-refractivity contribution >= 4 is 17.4 Å². The maximum Gasteiger partial charge on any atom is 0.410 e. The second-order valence-corrected chi connectivity index (χ2v) is 8.48. The fourth-order valence-corrected chi connectivity index (χ4v) is 4.75. The van der Waals surface area contributed by atoms with Crippen LogP contribution in [0.3, 0.4) is 0 Å². The van der Waals surface area contributed by atoms with Crippen LogP contribution in [-0.2, 0) is 16.7 Å². The highest BCUT2D eigenvalue weighted by molar-refractivity contribution is 7.10.